The van der Waals surface area contributed by atoms with Crippen molar-refractivity contribution in [2.24, 2.45) is 5.73 Å². The maximum atomic E-state index is 13.7. The Balaban J connectivity index is 3.22. The van der Waals surface area contributed by atoms with Crippen LogP contribution in [0.1, 0.15) is 5.56 Å². The molecule has 1 aromatic rings. The second kappa shape index (κ2) is 5.36. The third-order valence-corrected chi connectivity index (χ3v) is 1.96. The van der Waals surface area contributed by atoms with Crippen molar-refractivity contribution in [2.75, 3.05) is 20.8 Å². The molecule has 0 radical (unpaired) electrons. The number of hydrogen-bond donors (Lipinski definition) is 1. The molecule has 0 aliphatic heterocycles. The van der Waals surface area contributed by atoms with Crippen LogP contribution in [0.3, 0.4) is 0 Å². The summed E-state index contributed by atoms with van der Waals surface area (Å²) in [6, 6.07) is 3.17. The van der Waals surface area contributed by atoms with Crippen molar-refractivity contribution in [1.82, 2.24) is 0 Å². The van der Waals surface area contributed by atoms with Gasteiger partial charge in [-0.3, -0.25) is 0 Å². The lowest BCUT2D eigenvalue weighted by molar-refractivity contribution is 0.376. The average Bonchev–Trinajstić information content (AvgIpc) is 2.27. The molecule has 82 valence electrons. The highest BCUT2D eigenvalue weighted by Gasteiger charge is 2.11. The molecule has 0 aliphatic rings. The summed E-state index contributed by atoms with van der Waals surface area (Å²) in [4.78, 5) is 0. The Morgan fingerprint density at radius 1 is 1.27 bits per heavy atom. The molecule has 0 aromatic heterocycles. The van der Waals surface area contributed by atoms with Gasteiger partial charge in [0.05, 0.1) is 19.8 Å². The first-order valence-electron chi connectivity index (χ1n) is 4.51. The van der Waals surface area contributed by atoms with Crippen LogP contribution in [0.15, 0.2) is 18.2 Å². The molecule has 0 amide bonds. The lowest BCUT2D eigenvalue weighted by Gasteiger charge is -2.09. The minimum absolute atomic E-state index is 0.187. The van der Waals surface area contributed by atoms with E-state index in [1.165, 1.54) is 20.3 Å². The molecule has 2 N–H and O–H groups in total. The monoisotopic (exact) mass is 211 g/mol. The van der Waals surface area contributed by atoms with Crippen molar-refractivity contribution in [3.63, 3.8) is 0 Å². The molecule has 3 nitrogen and oxygen atoms in total. The first-order chi connectivity index (χ1) is 7.24. The molecule has 0 atom stereocenters. The predicted molar refractivity (Wildman–Crippen MR) is 57.6 cm³/mol. The van der Waals surface area contributed by atoms with Crippen LogP contribution in [-0.4, -0.2) is 20.8 Å². The van der Waals surface area contributed by atoms with Gasteiger partial charge in [0.15, 0.2) is 11.6 Å². The fraction of sp³-hybridized carbons (Fsp3) is 0.273. The number of methoxy groups -OCH3 is 2. The zero-order valence-electron chi connectivity index (χ0n) is 8.79. The van der Waals surface area contributed by atoms with Crippen LogP contribution in [0, 0.1) is 5.82 Å². The zero-order valence-corrected chi connectivity index (χ0v) is 8.79. The Labute approximate surface area is 88.3 Å². The Bertz CT molecular complexity index is 364. The topological polar surface area (TPSA) is 44.5 Å². The number of rotatable bonds is 4. The molecule has 0 saturated heterocycles. The van der Waals surface area contributed by atoms with E-state index in [-0.39, 0.29) is 5.75 Å². The fourth-order valence-corrected chi connectivity index (χ4v) is 1.23. The molecule has 1 aromatic carbocycles. The summed E-state index contributed by atoms with van der Waals surface area (Å²) in [5.41, 5.74) is 5.66. The highest BCUT2D eigenvalue weighted by Crippen LogP contribution is 2.29. The molecular weight excluding hydrogens is 197 g/mol. The lowest BCUT2D eigenvalue weighted by atomic mass is 10.1. The van der Waals surface area contributed by atoms with E-state index >= 15 is 0 Å². The number of ether oxygens (including phenoxy) is 2. The van der Waals surface area contributed by atoms with Crippen LogP contribution in [0.4, 0.5) is 4.39 Å². The van der Waals surface area contributed by atoms with Crippen molar-refractivity contribution < 1.29 is 13.9 Å². The summed E-state index contributed by atoms with van der Waals surface area (Å²) in [5.74, 6) is 0.201. The highest BCUT2D eigenvalue weighted by atomic mass is 19.1. The van der Waals surface area contributed by atoms with Crippen molar-refractivity contribution in [3.8, 4) is 11.5 Å². The van der Waals surface area contributed by atoms with E-state index in [9.17, 15) is 4.39 Å². The Kier molecular flexibility index (Phi) is 4.12. The maximum absolute atomic E-state index is 13.7. The fourth-order valence-electron chi connectivity index (χ4n) is 1.23. The van der Waals surface area contributed by atoms with Crippen molar-refractivity contribution in [2.45, 2.75) is 0 Å². The molecule has 0 aliphatic carbocycles. The highest BCUT2D eigenvalue weighted by molar-refractivity contribution is 5.60. The van der Waals surface area contributed by atoms with Crippen LogP contribution < -0.4 is 15.2 Å². The molecule has 0 bridgehead atoms. The number of nitrogens with two attached hydrogens (primary N) is 1. The van der Waals surface area contributed by atoms with E-state index in [0.717, 1.165) is 0 Å². The largest absolute Gasteiger partial charge is 0.496 e. The molecule has 1 rings (SSSR count). The van der Waals surface area contributed by atoms with Crippen molar-refractivity contribution in [3.05, 3.63) is 29.6 Å². The Morgan fingerprint density at radius 2 is 1.87 bits per heavy atom. The third-order valence-electron chi connectivity index (χ3n) is 1.96. The second-order valence-electron chi connectivity index (χ2n) is 2.84. The summed E-state index contributed by atoms with van der Waals surface area (Å²) in [5, 5.41) is 0. The first kappa shape index (κ1) is 11.5. The molecule has 4 heteroatoms. The molecule has 0 fully saturated rings. The van der Waals surface area contributed by atoms with Gasteiger partial charge in [0.25, 0.3) is 0 Å². The average molecular weight is 211 g/mol. The van der Waals surface area contributed by atoms with Crippen LogP contribution in [0.5, 0.6) is 11.5 Å². The Hall–Kier alpha value is -1.55. The van der Waals surface area contributed by atoms with Crippen LogP contribution in [-0.2, 0) is 0 Å². The van der Waals surface area contributed by atoms with Crippen molar-refractivity contribution in [1.29, 1.82) is 0 Å². The van der Waals surface area contributed by atoms with E-state index in [1.807, 2.05) is 0 Å². The maximum Gasteiger partial charge on any atom is 0.175 e. The summed E-state index contributed by atoms with van der Waals surface area (Å²) < 4.78 is 23.7. The van der Waals surface area contributed by atoms with Crippen molar-refractivity contribution >= 4 is 6.08 Å². The van der Waals surface area contributed by atoms with E-state index < -0.39 is 5.82 Å². The SMILES string of the molecule is COc1ccc(OC)c(/C=C/CN)c1F. The van der Waals surface area contributed by atoms with E-state index in [4.69, 9.17) is 15.2 Å². The molecule has 0 unspecified atom stereocenters. The summed E-state index contributed by atoms with van der Waals surface area (Å²) in [6.45, 7) is 0.347. The van der Waals surface area contributed by atoms with Crippen LogP contribution >= 0.6 is 0 Å². The molecule has 15 heavy (non-hydrogen) atoms. The standard InChI is InChI=1S/C11H14FNO2/c1-14-9-5-6-10(15-2)11(12)8(9)4-3-7-13/h3-6H,7,13H2,1-2H3/b4-3+. The van der Waals surface area contributed by atoms with Gasteiger partial charge in [0, 0.05) is 6.54 Å². The predicted octanol–water partition coefficient (Wildman–Crippen LogP) is 1.81. The second-order valence-corrected chi connectivity index (χ2v) is 2.84. The zero-order chi connectivity index (χ0) is 11.3. The summed E-state index contributed by atoms with van der Waals surface area (Å²) >= 11 is 0. The molecular formula is C11H14FNO2. The summed E-state index contributed by atoms with van der Waals surface area (Å²) in [7, 11) is 2.91. The van der Waals surface area contributed by atoms with E-state index in [0.29, 0.717) is 17.9 Å². The number of hydrogen-bond acceptors (Lipinski definition) is 3. The van der Waals surface area contributed by atoms with Crippen LogP contribution in [0.25, 0.3) is 6.08 Å². The molecule has 0 saturated carbocycles. The third kappa shape index (κ3) is 2.47. The summed E-state index contributed by atoms with van der Waals surface area (Å²) in [6.07, 6.45) is 3.23. The van der Waals surface area contributed by atoms with Gasteiger partial charge in [-0.15, -0.1) is 0 Å². The van der Waals surface area contributed by atoms with Crippen LogP contribution in [0.2, 0.25) is 0 Å². The van der Waals surface area contributed by atoms with Gasteiger partial charge in [-0.1, -0.05) is 12.2 Å². The Morgan fingerprint density at radius 3 is 2.40 bits per heavy atom. The van der Waals surface area contributed by atoms with Gasteiger partial charge in [-0.2, -0.15) is 0 Å². The van der Waals surface area contributed by atoms with Gasteiger partial charge < -0.3 is 15.2 Å². The quantitative estimate of drug-likeness (QED) is 0.826. The smallest absolute Gasteiger partial charge is 0.175 e. The van der Waals surface area contributed by atoms with Gasteiger partial charge in [-0.25, -0.2) is 4.39 Å². The van der Waals surface area contributed by atoms with E-state index in [2.05, 4.69) is 0 Å². The first-order valence-corrected chi connectivity index (χ1v) is 4.51. The molecule has 0 heterocycles. The molecule has 0 spiro atoms. The van der Waals surface area contributed by atoms with Gasteiger partial charge in [-0.05, 0) is 12.1 Å². The number of halogens is 1. The minimum atomic E-state index is -0.443. The van der Waals surface area contributed by atoms with Gasteiger partial charge >= 0.3 is 0 Å². The lowest BCUT2D eigenvalue weighted by Crippen LogP contribution is -1.97. The number of benzene rings is 1. The van der Waals surface area contributed by atoms with E-state index in [1.54, 1.807) is 18.2 Å². The normalized spacial score (nSPS) is 10.7. The van der Waals surface area contributed by atoms with Gasteiger partial charge in [0.1, 0.15) is 5.75 Å². The van der Waals surface area contributed by atoms with Gasteiger partial charge in [0.2, 0.25) is 0 Å². The minimum Gasteiger partial charge on any atom is -0.496 e.